The van der Waals surface area contributed by atoms with E-state index in [1.165, 1.54) is 0 Å². The first-order valence-corrected chi connectivity index (χ1v) is 8.55. The molecule has 23 heavy (non-hydrogen) atoms. The Bertz CT molecular complexity index is 662. The summed E-state index contributed by atoms with van der Waals surface area (Å²) in [6.07, 6.45) is 5.90. The second kappa shape index (κ2) is 7.10. The van der Waals surface area contributed by atoms with E-state index in [1.807, 2.05) is 23.2 Å². The molecule has 0 spiro atoms. The molecule has 0 bridgehead atoms. The Balaban J connectivity index is 1.51. The van der Waals surface area contributed by atoms with Gasteiger partial charge in [0, 0.05) is 25.2 Å². The Hall–Kier alpha value is -1.93. The third-order valence-electron chi connectivity index (χ3n) is 3.71. The topological polar surface area (TPSA) is 72.3 Å². The van der Waals surface area contributed by atoms with E-state index in [0.29, 0.717) is 12.2 Å². The van der Waals surface area contributed by atoms with Gasteiger partial charge in [-0.25, -0.2) is 9.78 Å². The van der Waals surface area contributed by atoms with Gasteiger partial charge in [0.2, 0.25) is 0 Å². The van der Waals surface area contributed by atoms with Crippen LogP contribution < -0.4 is 5.32 Å². The van der Waals surface area contributed by atoms with Crippen LogP contribution in [0.1, 0.15) is 23.5 Å². The number of carbonyl (C=O) groups excluding carboxylic acids is 1. The van der Waals surface area contributed by atoms with Crippen LogP contribution in [-0.2, 0) is 17.8 Å². The summed E-state index contributed by atoms with van der Waals surface area (Å²) in [7, 11) is 1.75. The lowest BCUT2D eigenvalue weighted by Crippen LogP contribution is -2.30. The number of carbonyl (C=O) groups is 1. The number of rotatable bonds is 5. The van der Waals surface area contributed by atoms with Gasteiger partial charge in [-0.3, -0.25) is 4.68 Å². The van der Waals surface area contributed by atoms with Crippen LogP contribution in [0, 0.1) is 6.92 Å². The third kappa shape index (κ3) is 4.29. The highest BCUT2D eigenvalue weighted by molar-refractivity contribution is 7.09. The number of nitrogens with one attached hydrogen (secondary N) is 1. The summed E-state index contributed by atoms with van der Waals surface area (Å²) in [6, 6.07) is -0.174. The van der Waals surface area contributed by atoms with E-state index in [1.54, 1.807) is 29.5 Å². The minimum absolute atomic E-state index is 0.174. The second-order valence-electron chi connectivity index (χ2n) is 5.73. The first-order chi connectivity index (χ1) is 11.1. The van der Waals surface area contributed by atoms with Gasteiger partial charge in [-0.05, 0) is 19.8 Å². The summed E-state index contributed by atoms with van der Waals surface area (Å²) in [4.78, 5) is 18.2. The zero-order valence-corrected chi connectivity index (χ0v) is 14.2. The molecule has 2 aromatic rings. The standard InChI is InChI=1S/C15H21N5O2S/c1-11-17-13(10-23-11)7-19(2)15(21)18-12-6-16-20(8-12)9-14-4-3-5-22-14/h6,8,10,14H,3-5,7,9H2,1-2H3,(H,18,21)/t14-/m0/s1. The number of thiazole rings is 1. The first kappa shape index (κ1) is 15.9. The van der Waals surface area contributed by atoms with Gasteiger partial charge in [-0.2, -0.15) is 5.10 Å². The van der Waals surface area contributed by atoms with Crippen LogP contribution in [0.25, 0.3) is 0 Å². The van der Waals surface area contributed by atoms with Gasteiger partial charge in [-0.1, -0.05) is 0 Å². The van der Waals surface area contributed by atoms with E-state index in [2.05, 4.69) is 15.4 Å². The normalized spacial score (nSPS) is 17.4. The van der Waals surface area contributed by atoms with Gasteiger partial charge in [-0.15, -0.1) is 11.3 Å². The summed E-state index contributed by atoms with van der Waals surface area (Å²) in [5, 5.41) is 10.1. The molecule has 3 rings (SSSR count). The number of amides is 2. The van der Waals surface area contributed by atoms with Gasteiger partial charge >= 0.3 is 6.03 Å². The van der Waals surface area contributed by atoms with Crippen LogP contribution in [0.2, 0.25) is 0 Å². The molecule has 124 valence electrons. The summed E-state index contributed by atoms with van der Waals surface area (Å²) in [5.41, 5.74) is 1.59. The summed E-state index contributed by atoms with van der Waals surface area (Å²) < 4.78 is 7.41. The van der Waals surface area contributed by atoms with Crippen molar-refractivity contribution in [2.24, 2.45) is 0 Å². The molecule has 0 unspecified atom stereocenters. The van der Waals surface area contributed by atoms with Gasteiger partial charge < -0.3 is 15.0 Å². The number of aryl methyl sites for hydroxylation is 1. The molecule has 0 radical (unpaired) electrons. The van der Waals surface area contributed by atoms with Crippen molar-refractivity contribution in [3.05, 3.63) is 28.5 Å². The van der Waals surface area contributed by atoms with E-state index >= 15 is 0 Å². The average Bonchev–Trinajstić information content (AvgIpc) is 3.24. The van der Waals surface area contributed by atoms with Crippen molar-refractivity contribution >= 4 is 23.1 Å². The number of urea groups is 1. The zero-order valence-electron chi connectivity index (χ0n) is 13.4. The van der Waals surface area contributed by atoms with E-state index in [0.717, 1.165) is 36.7 Å². The molecule has 2 amide bonds. The molecule has 1 saturated heterocycles. The molecule has 8 heteroatoms. The third-order valence-corrected chi connectivity index (χ3v) is 4.53. The molecule has 1 aliphatic rings. The molecule has 1 fully saturated rings. The smallest absolute Gasteiger partial charge is 0.322 e. The van der Waals surface area contributed by atoms with E-state index in [-0.39, 0.29) is 12.1 Å². The van der Waals surface area contributed by atoms with Gasteiger partial charge in [0.25, 0.3) is 0 Å². The highest BCUT2D eigenvalue weighted by Crippen LogP contribution is 2.15. The average molecular weight is 335 g/mol. The number of hydrogen-bond acceptors (Lipinski definition) is 5. The van der Waals surface area contributed by atoms with Crippen LogP contribution in [-0.4, -0.2) is 45.5 Å². The van der Waals surface area contributed by atoms with Crippen molar-refractivity contribution in [1.29, 1.82) is 0 Å². The van der Waals surface area contributed by atoms with E-state index in [4.69, 9.17) is 4.74 Å². The molecule has 1 N–H and O–H groups in total. The molecule has 0 aliphatic carbocycles. The number of ether oxygens (including phenoxy) is 1. The minimum atomic E-state index is -0.174. The molecule has 2 aromatic heterocycles. The van der Waals surface area contributed by atoms with Crippen molar-refractivity contribution in [2.75, 3.05) is 19.0 Å². The Labute approximate surface area is 139 Å². The van der Waals surface area contributed by atoms with Crippen molar-refractivity contribution in [3.63, 3.8) is 0 Å². The maximum Gasteiger partial charge on any atom is 0.322 e. The lowest BCUT2D eigenvalue weighted by atomic mass is 10.2. The highest BCUT2D eigenvalue weighted by Gasteiger charge is 2.17. The number of anilines is 1. The van der Waals surface area contributed by atoms with Crippen LogP contribution in [0.15, 0.2) is 17.8 Å². The quantitative estimate of drug-likeness (QED) is 0.911. The number of aromatic nitrogens is 3. The van der Waals surface area contributed by atoms with Gasteiger partial charge in [0.05, 0.1) is 41.8 Å². The van der Waals surface area contributed by atoms with Crippen LogP contribution in [0.4, 0.5) is 10.5 Å². The Morgan fingerprint density at radius 3 is 3.17 bits per heavy atom. The molecule has 1 atom stereocenters. The predicted molar refractivity (Wildman–Crippen MR) is 88.5 cm³/mol. The molecule has 3 heterocycles. The Kier molecular flexibility index (Phi) is 4.92. The zero-order chi connectivity index (χ0) is 16.2. The SMILES string of the molecule is Cc1nc(CN(C)C(=O)Nc2cnn(C[C@@H]3CCCO3)c2)cs1. The molecule has 0 saturated carbocycles. The van der Waals surface area contributed by atoms with Crippen LogP contribution >= 0.6 is 11.3 Å². The Morgan fingerprint density at radius 1 is 1.61 bits per heavy atom. The summed E-state index contributed by atoms with van der Waals surface area (Å²) in [6.45, 7) is 4.00. The Morgan fingerprint density at radius 2 is 2.48 bits per heavy atom. The minimum Gasteiger partial charge on any atom is -0.376 e. The molecule has 1 aliphatic heterocycles. The lowest BCUT2D eigenvalue weighted by Gasteiger charge is -2.16. The second-order valence-corrected chi connectivity index (χ2v) is 6.79. The molecular formula is C15H21N5O2S. The highest BCUT2D eigenvalue weighted by atomic mass is 32.1. The maximum absolute atomic E-state index is 12.2. The van der Waals surface area contributed by atoms with Crippen molar-refractivity contribution in [1.82, 2.24) is 19.7 Å². The maximum atomic E-state index is 12.2. The van der Waals surface area contributed by atoms with E-state index < -0.39 is 0 Å². The fraction of sp³-hybridized carbons (Fsp3) is 0.533. The number of nitrogens with zero attached hydrogens (tertiary/aromatic N) is 4. The van der Waals surface area contributed by atoms with Crippen molar-refractivity contribution in [3.8, 4) is 0 Å². The summed E-state index contributed by atoms with van der Waals surface area (Å²) >= 11 is 1.59. The fourth-order valence-corrected chi connectivity index (χ4v) is 3.14. The monoisotopic (exact) mass is 335 g/mol. The van der Waals surface area contributed by atoms with Crippen LogP contribution in [0.3, 0.4) is 0 Å². The lowest BCUT2D eigenvalue weighted by molar-refractivity contribution is 0.0940. The van der Waals surface area contributed by atoms with Gasteiger partial charge in [0.1, 0.15) is 0 Å². The van der Waals surface area contributed by atoms with Crippen LogP contribution in [0.5, 0.6) is 0 Å². The van der Waals surface area contributed by atoms with E-state index in [9.17, 15) is 4.79 Å². The molecule has 0 aromatic carbocycles. The van der Waals surface area contributed by atoms with Crippen molar-refractivity contribution < 1.29 is 9.53 Å². The largest absolute Gasteiger partial charge is 0.376 e. The number of hydrogen-bond donors (Lipinski definition) is 1. The molecular weight excluding hydrogens is 314 g/mol. The molecule has 7 nitrogen and oxygen atoms in total. The summed E-state index contributed by atoms with van der Waals surface area (Å²) in [5.74, 6) is 0. The first-order valence-electron chi connectivity index (χ1n) is 7.67. The predicted octanol–water partition coefficient (Wildman–Crippen LogP) is 2.49. The van der Waals surface area contributed by atoms with Gasteiger partial charge in [0.15, 0.2) is 0 Å². The fourth-order valence-electron chi connectivity index (χ4n) is 2.54. The van der Waals surface area contributed by atoms with Crippen molar-refractivity contribution in [2.45, 2.75) is 39.0 Å².